The molecular formula is C13H27NO2. The zero-order valence-corrected chi connectivity index (χ0v) is 10.8. The molecule has 3 nitrogen and oxygen atoms in total. The summed E-state index contributed by atoms with van der Waals surface area (Å²) in [5, 5.41) is 3.60. The molecule has 0 aromatic rings. The highest BCUT2D eigenvalue weighted by Gasteiger charge is 2.20. The van der Waals surface area contributed by atoms with Gasteiger partial charge in [0.05, 0.1) is 6.10 Å². The summed E-state index contributed by atoms with van der Waals surface area (Å²) in [6.45, 7) is 8.00. The molecule has 0 aliphatic carbocycles. The number of nitrogens with one attached hydrogen (secondary N) is 1. The van der Waals surface area contributed by atoms with Gasteiger partial charge in [-0.2, -0.15) is 0 Å². The van der Waals surface area contributed by atoms with Crippen LogP contribution in [0.5, 0.6) is 0 Å². The summed E-state index contributed by atoms with van der Waals surface area (Å²) in [6, 6.07) is 0.564. The molecule has 3 heteroatoms. The molecule has 2 atom stereocenters. The zero-order chi connectivity index (χ0) is 11.6. The van der Waals surface area contributed by atoms with Gasteiger partial charge in [0.1, 0.15) is 0 Å². The van der Waals surface area contributed by atoms with Crippen LogP contribution in [-0.4, -0.2) is 38.5 Å². The van der Waals surface area contributed by atoms with E-state index in [9.17, 15) is 0 Å². The highest BCUT2D eigenvalue weighted by molar-refractivity contribution is 4.75. The molecule has 1 heterocycles. The summed E-state index contributed by atoms with van der Waals surface area (Å²) in [6.07, 6.45) is 6.39. The second-order valence-corrected chi connectivity index (χ2v) is 4.51. The van der Waals surface area contributed by atoms with E-state index in [-0.39, 0.29) is 0 Å². The van der Waals surface area contributed by atoms with Crippen molar-refractivity contribution in [2.75, 3.05) is 26.4 Å². The Labute approximate surface area is 99.9 Å². The smallest absolute Gasteiger partial charge is 0.0590 e. The zero-order valence-electron chi connectivity index (χ0n) is 10.8. The monoisotopic (exact) mass is 229 g/mol. The first kappa shape index (κ1) is 13.9. The van der Waals surface area contributed by atoms with Crippen LogP contribution in [0.25, 0.3) is 0 Å². The quantitative estimate of drug-likeness (QED) is 0.616. The maximum Gasteiger partial charge on any atom is 0.0590 e. The van der Waals surface area contributed by atoms with Crippen LogP contribution < -0.4 is 5.32 Å². The van der Waals surface area contributed by atoms with Crippen LogP contribution in [0.4, 0.5) is 0 Å². The maximum atomic E-state index is 5.69. The Morgan fingerprint density at radius 3 is 2.94 bits per heavy atom. The summed E-state index contributed by atoms with van der Waals surface area (Å²) in [5.74, 6) is 0. The lowest BCUT2D eigenvalue weighted by molar-refractivity contribution is 0.0842. The van der Waals surface area contributed by atoms with Gasteiger partial charge in [-0.1, -0.05) is 6.92 Å². The third-order valence-electron chi connectivity index (χ3n) is 3.07. The molecule has 0 saturated carbocycles. The minimum atomic E-state index is 0.482. The molecule has 0 spiro atoms. The van der Waals surface area contributed by atoms with E-state index < -0.39 is 0 Å². The van der Waals surface area contributed by atoms with E-state index in [1.165, 1.54) is 19.3 Å². The van der Waals surface area contributed by atoms with Crippen molar-refractivity contribution in [3.05, 3.63) is 0 Å². The van der Waals surface area contributed by atoms with Gasteiger partial charge >= 0.3 is 0 Å². The standard InChI is InChI=1S/C13H27NO2/c1-3-8-14-12(7-10-15-4-2)11-13-6-5-9-16-13/h12-14H,3-11H2,1-2H3. The van der Waals surface area contributed by atoms with Gasteiger partial charge in [0, 0.05) is 25.9 Å². The molecule has 1 aliphatic rings. The first-order chi connectivity index (χ1) is 7.86. The van der Waals surface area contributed by atoms with E-state index >= 15 is 0 Å². The molecule has 16 heavy (non-hydrogen) atoms. The first-order valence-corrected chi connectivity index (χ1v) is 6.79. The number of ether oxygens (including phenoxy) is 2. The molecular weight excluding hydrogens is 202 g/mol. The Hall–Kier alpha value is -0.120. The molecule has 1 saturated heterocycles. The molecule has 1 fully saturated rings. The Morgan fingerprint density at radius 2 is 2.31 bits per heavy atom. The average molecular weight is 229 g/mol. The summed E-state index contributed by atoms with van der Waals surface area (Å²) >= 11 is 0. The van der Waals surface area contributed by atoms with E-state index in [1.54, 1.807) is 0 Å². The lowest BCUT2D eigenvalue weighted by atomic mass is 10.0. The van der Waals surface area contributed by atoms with Crippen molar-refractivity contribution in [3.8, 4) is 0 Å². The second-order valence-electron chi connectivity index (χ2n) is 4.51. The Balaban J connectivity index is 2.18. The van der Waals surface area contributed by atoms with Gasteiger partial charge < -0.3 is 14.8 Å². The Bertz CT molecular complexity index is 158. The average Bonchev–Trinajstić information content (AvgIpc) is 2.78. The van der Waals surface area contributed by atoms with Crippen molar-refractivity contribution in [2.45, 2.75) is 58.1 Å². The number of hydrogen-bond acceptors (Lipinski definition) is 3. The molecule has 1 N–H and O–H groups in total. The van der Waals surface area contributed by atoms with E-state index in [2.05, 4.69) is 19.2 Å². The highest BCUT2D eigenvalue weighted by atomic mass is 16.5. The van der Waals surface area contributed by atoms with Gasteiger partial charge in [-0.25, -0.2) is 0 Å². The molecule has 0 aromatic carbocycles. The largest absolute Gasteiger partial charge is 0.382 e. The normalized spacial score (nSPS) is 22.5. The number of hydrogen-bond donors (Lipinski definition) is 1. The molecule has 0 bridgehead atoms. The van der Waals surface area contributed by atoms with Gasteiger partial charge in [0.15, 0.2) is 0 Å². The van der Waals surface area contributed by atoms with Crippen LogP contribution in [-0.2, 0) is 9.47 Å². The molecule has 0 aromatic heterocycles. The fourth-order valence-electron chi connectivity index (χ4n) is 2.17. The topological polar surface area (TPSA) is 30.5 Å². The number of rotatable bonds is 9. The minimum absolute atomic E-state index is 0.482. The van der Waals surface area contributed by atoms with Gasteiger partial charge in [-0.3, -0.25) is 0 Å². The van der Waals surface area contributed by atoms with Crippen molar-refractivity contribution in [1.29, 1.82) is 0 Å². The summed E-state index contributed by atoms with van der Waals surface area (Å²) in [4.78, 5) is 0. The molecule has 0 radical (unpaired) electrons. The van der Waals surface area contributed by atoms with Crippen molar-refractivity contribution in [3.63, 3.8) is 0 Å². The summed E-state index contributed by atoms with van der Waals surface area (Å²) < 4.78 is 11.1. The SMILES string of the molecule is CCCNC(CCOCC)CC1CCCO1. The molecule has 0 amide bonds. The van der Waals surface area contributed by atoms with Crippen molar-refractivity contribution < 1.29 is 9.47 Å². The lowest BCUT2D eigenvalue weighted by Crippen LogP contribution is -2.34. The van der Waals surface area contributed by atoms with E-state index in [0.717, 1.165) is 39.2 Å². The van der Waals surface area contributed by atoms with E-state index in [0.29, 0.717) is 12.1 Å². The van der Waals surface area contributed by atoms with Crippen LogP contribution >= 0.6 is 0 Å². The Kier molecular flexibility index (Phi) is 7.81. The summed E-state index contributed by atoms with van der Waals surface area (Å²) in [7, 11) is 0. The molecule has 1 aliphatic heterocycles. The molecule has 96 valence electrons. The van der Waals surface area contributed by atoms with Crippen LogP contribution in [0.15, 0.2) is 0 Å². The molecule has 1 rings (SSSR count). The van der Waals surface area contributed by atoms with Crippen molar-refractivity contribution in [1.82, 2.24) is 5.32 Å². The van der Waals surface area contributed by atoms with Crippen LogP contribution in [0.2, 0.25) is 0 Å². The highest BCUT2D eigenvalue weighted by Crippen LogP contribution is 2.18. The Morgan fingerprint density at radius 1 is 1.44 bits per heavy atom. The van der Waals surface area contributed by atoms with Crippen LogP contribution in [0, 0.1) is 0 Å². The fourth-order valence-corrected chi connectivity index (χ4v) is 2.17. The fraction of sp³-hybridized carbons (Fsp3) is 1.00. The maximum absolute atomic E-state index is 5.69. The van der Waals surface area contributed by atoms with Gasteiger partial charge in [0.25, 0.3) is 0 Å². The van der Waals surface area contributed by atoms with Crippen LogP contribution in [0.3, 0.4) is 0 Å². The van der Waals surface area contributed by atoms with Crippen molar-refractivity contribution in [2.24, 2.45) is 0 Å². The lowest BCUT2D eigenvalue weighted by Gasteiger charge is -2.21. The third kappa shape index (κ3) is 5.83. The van der Waals surface area contributed by atoms with Gasteiger partial charge in [-0.15, -0.1) is 0 Å². The predicted octanol–water partition coefficient (Wildman–Crippen LogP) is 2.35. The van der Waals surface area contributed by atoms with E-state index in [4.69, 9.17) is 9.47 Å². The first-order valence-electron chi connectivity index (χ1n) is 6.79. The summed E-state index contributed by atoms with van der Waals surface area (Å²) in [5.41, 5.74) is 0. The van der Waals surface area contributed by atoms with Gasteiger partial charge in [-0.05, 0) is 45.6 Å². The van der Waals surface area contributed by atoms with Gasteiger partial charge in [0.2, 0.25) is 0 Å². The van der Waals surface area contributed by atoms with Crippen LogP contribution in [0.1, 0.15) is 46.0 Å². The minimum Gasteiger partial charge on any atom is -0.382 e. The predicted molar refractivity (Wildman–Crippen MR) is 66.8 cm³/mol. The van der Waals surface area contributed by atoms with E-state index in [1.807, 2.05) is 0 Å². The third-order valence-corrected chi connectivity index (χ3v) is 3.07. The van der Waals surface area contributed by atoms with Crippen molar-refractivity contribution >= 4 is 0 Å². The second kappa shape index (κ2) is 8.97. The molecule has 2 unspecified atom stereocenters.